The quantitative estimate of drug-likeness (QED) is 0.805. The number of piperazine rings is 1. The first kappa shape index (κ1) is 15.5. The predicted molar refractivity (Wildman–Crippen MR) is 76.8 cm³/mol. The van der Waals surface area contributed by atoms with Crippen molar-refractivity contribution in [2.75, 3.05) is 26.8 Å². The Labute approximate surface area is 123 Å². The number of methoxy groups -OCH3 is 1. The number of amides is 1. The monoisotopic (exact) mass is 292 g/mol. The molecule has 1 saturated heterocycles. The van der Waals surface area contributed by atoms with Crippen LogP contribution in [0.15, 0.2) is 30.3 Å². The number of nitrogens with one attached hydrogen (secondary N) is 1. The van der Waals surface area contributed by atoms with Gasteiger partial charge in [0, 0.05) is 20.2 Å². The van der Waals surface area contributed by atoms with Gasteiger partial charge >= 0.3 is 5.97 Å². The van der Waals surface area contributed by atoms with Crippen molar-refractivity contribution in [2.45, 2.75) is 18.5 Å². The van der Waals surface area contributed by atoms with Crippen LogP contribution in [0.2, 0.25) is 0 Å². The summed E-state index contributed by atoms with van der Waals surface area (Å²) >= 11 is 0. The van der Waals surface area contributed by atoms with Crippen LogP contribution < -0.4 is 5.32 Å². The van der Waals surface area contributed by atoms with E-state index in [2.05, 4.69) is 5.32 Å². The van der Waals surface area contributed by atoms with Crippen molar-refractivity contribution < 1.29 is 19.4 Å². The maximum atomic E-state index is 12.0. The number of carboxylic acid groups (broad SMARTS) is 1. The molecule has 2 unspecified atom stereocenters. The van der Waals surface area contributed by atoms with Crippen molar-refractivity contribution in [3.05, 3.63) is 35.9 Å². The molecule has 1 aromatic carbocycles. The van der Waals surface area contributed by atoms with E-state index < -0.39 is 12.0 Å². The molecule has 1 fully saturated rings. The van der Waals surface area contributed by atoms with E-state index in [1.54, 1.807) is 7.11 Å². The molecule has 1 amide bonds. The van der Waals surface area contributed by atoms with Gasteiger partial charge in [-0.1, -0.05) is 30.3 Å². The molecule has 0 aromatic heterocycles. The molecule has 0 bridgehead atoms. The molecule has 1 aliphatic rings. The average molecular weight is 292 g/mol. The smallest absolute Gasteiger partial charge is 0.305 e. The topological polar surface area (TPSA) is 78.9 Å². The summed E-state index contributed by atoms with van der Waals surface area (Å²) in [6.45, 7) is 1.53. The molecule has 6 nitrogen and oxygen atoms in total. The molecule has 2 rings (SSSR count). The van der Waals surface area contributed by atoms with E-state index in [0.717, 1.165) is 5.56 Å². The fraction of sp³-hybridized carbons (Fsp3) is 0.467. The molecular formula is C15H20N2O4. The number of carbonyl (C=O) groups excluding carboxylic acids is 1. The van der Waals surface area contributed by atoms with Gasteiger partial charge in [-0.3, -0.25) is 14.5 Å². The molecule has 21 heavy (non-hydrogen) atoms. The Balaban J connectivity index is 2.27. The minimum atomic E-state index is -0.980. The first-order valence-corrected chi connectivity index (χ1v) is 6.92. The summed E-state index contributed by atoms with van der Waals surface area (Å²) in [7, 11) is 1.60. The van der Waals surface area contributed by atoms with Crippen LogP contribution in [0.3, 0.4) is 0 Å². The number of hydrogen-bond acceptors (Lipinski definition) is 4. The van der Waals surface area contributed by atoms with Crippen LogP contribution in [-0.4, -0.2) is 54.7 Å². The Hall–Kier alpha value is -1.92. The van der Waals surface area contributed by atoms with Gasteiger partial charge in [0.05, 0.1) is 19.1 Å². The SMILES string of the molecule is COCC(c1ccccc1)N1CCNC(=O)C1CC(=O)O. The average Bonchev–Trinajstić information content (AvgIpc) is 2.48. The summed E-state index contributed by atoms with van der Waals surface area (Å²) < 4.78 is 5.28. The fourth-order valence-electron chi connectivity index (χ4n) is 2.70. The molecule has 1 aliphatic heterocycles. The zero-order valence-corrected chi connectivity index (χ0v) is 12.0. The highest BCUT2D eigenvalue weighted by atomic mass is 16.5. The summed E-state index contributed by atoms with van der Waals surface area (Å²) in [6.07, 6.45) is -0.209. The number of ether oxygens (including phenoxy) is 1. The van der Waals surface area contributed by atoms with Crippen LogP contribution in [0, 0.1) is 0 Å². The van der Waals surface area contributed by atoms with Crippen molar-refractivity contribution >= 4 is 11.9 Å². The highest BCUT2D eigenvalue weighted by Gasteiger charge is 2.36. The molecule has 0 radical (unpaired) electrons. The second kappa shape index (κ2) is 7.19. The van der Waals surface area contributed by atoms with E-state index in [1.165, 1.54) is 0 Å². The van der Waals surface area contributed by atoms with Crippen molar-refractivity contribution in [1.29, 1.82) is 0 Å². The minimum Gasteiger partial charge on any atom is -0.481 e. The van der Waals surface area contributed by atoms with Gasteiger partial charge in [0.2, 0.25) is 5.91 Å². The van der Waals surface area contributed by atoms with Crippen LogP contribution >= 0.6 is 0 Å². The second-order valence-corrected chi connectivity index (χ2v) is 5.02. The highest BCUT2D eigenvalue weighted by Crippen LogP contribution is 2.25. The Morgan fingerprint density at radius 1 is 1.48 bits per heavy atom. The molecule has 1 heterocycles. The summed E-state index contributed by atoms with van der Waals surface area (Å²) in [5.41, 5.74) is 1.02. The number of hydrogen-bond donors (Lipinski definition) is 2. The van der Waals surface area contributed by atoms with Crippen molar-refractivity contribution in [3.63, 3.8) is 0 Å². The summed E-state index contributed by atoms with van der Waals surface area (Å²) in [6, 6.07) is 8.90. The van der Waals surface area contributed by atoms with Crippen LogP contribution in [0.25, 0.3) is 0 Å². The molecule has 114 valence electrons. The van der Waals surface area contributed by atoms with Gasteiger partial charge in [0.25, 0.3) is 0 Å². The lowest BCUT2D eigenvalue weighted by Gasteiger charge is -2.39. The van der Waals surface area contributed by atoms with Gasteiger partial charge in [-0.05, 0) is 5.56 Å². The van der Waals surface area contributed by atoms with Gasteiger partial charge in [-0.2, -0.15) is 0 Å². The summed E-state index contributed by atoms with van der Waals surface area (Å²) in [4.78, 5) is 25.0. The molecule has 0 aliphatic carbocycles. The van der Waals surface area contributed by atoms with E-state index >= 15 is 0 Å². The van der Waals surface area contributed by atoms with Gasteiger partial charge in [-0.25, -0.2) is 0 Å². The third-order valence-corrected chi connectivity index (χ3v) is 3.65. The normalized spacial score (nSPS) is 20.8. The zero-order chi connectivity index (χ0) is 15.2. The van der Waals surface area contributed by atoms with Crippen LogP contribution in [-0.2, 0) is 14.3 Å². The summed E-state index contributed by atoms with van der Waals surface area (Å²) in [5.74, 6) is -1.22. The fourth-order valence-corrected chi connectivity index (χ4v) is 2.70. The number of rotatable bonds is 6. The first-order valence-electron chi connectivity index (χ1n) is 6.92. The standard InChI is InChI=1S/C15H20N2O4/c1-21-10-13(11-5-3-2-4-6-11)17-8-7-16-15(20)12(17)9-14(18)19/h2-6,12-13H,7-10H2,1H3,(H,16,20)(H,18,19). The van der Waals surface area contributed by atoms with Gasteiger partial charge in [0.1, 0.15) is 6.04 Å². The number of carbonyl (C=O) groups is 2. The lowest BCUT2D eigenvalue weighted by molar-refractivity contribution is -0.144. The van der Waals surface area contributed by atoms with E-state index in [1.807, 2.05) is 35.2 Å². The molecular weight excluding hydrogens is 272 g/mol. The van der Waals surface area contributed by atoms with Gasteiger partial charge < -0.3 is 15.2 Å². The third kappa shape index (κ3) is 3.80. The summed E-state index contributed by atoms with van der Waals surface area (Å²) in [5, 5.41) is 11.8. The second-order valence-electron chi connectivity index (χ2n) is 5.02. The predicted octanol–water partition coefficient (Wildman–Crippen LogP) is 0.649. The van der Waals surface area contributed by atoms with E-state index in [-0.39, 0.29) is 18.4 Å². The Kier molecular flexibility index (Phi) is 5.30. The number of benzene rings is 1. The Morgan fingerprint density at radius 2 is 2.19 bits per heavy atom. The highest BCUT2D eigenvalue weighted by molar-refractivity contribution is 5.86. The molecule has 2 N–H and O–H groups in total. The lowest BCUT2D eigenvalue weighted by atomic mass is 10.0. The van der Waals surface area contributed by atoms with E-state index in [0.29, 0.717) is 19.7 Å². The van der Waals surface area contributed by atoms with Gasteiger partial charge in [0.15, 0.2) is 0 Å². The number of aliphatic carboxylic acids is 1. The molecule has 1 aromatic rings. The Morgan fingerprint density at radius 3 is 2.81 bits per heavy atom. The van der Waals surface area contributed by atoms with E-state index in [9.17, 15) is 9.59 Å². The van der Waals surface area contributed by atoms with Crippen LogP contribution in [0.4, 0.5) is 0 Å². The first-order chi connectivity index (χ1) is 10.1. The van der Waals surface area contributed by atoms with E-state index in [4.69, 9.17) is 9.84 Å². The third-order valence-electron chi connectivity index (χ3n) is 3.65. The maximum Gasteiger partial charge on any atom is 0.305 e. The van der Waals surface area contributed by atoms with Crippen LogP contribution in [0.5, 0.6) is 0 Å². The minimum absolute atomic E-state index is 0.133. The van der Waals surface area contributed by atoms with Crippen molar-refractivity contribution in [3.8, 4) is 0 Å². The molecule has 0 spiro atoms. The largest absolute Gasteiger partial charge is 0.481 e. The van der Waals surface area contributed by atoms with Crippen molar-refractivity contribution in [1.82, 2.24) is 10.2 Å². The maximum absolute atomic E-state index is 12.0. The van der Waals surface area contributed by atoms with Crippen molar-refractivity contribution in [2.24, 2.45) is 0 Å². The Bertz CT molecular complexity index is 492. The molecule has 6 heteroatoms. The lowest BCUT2D eigenvalue weighted by Crippen LogP contribution is -2.57. The zero-order valence-electron chi connectivity index (χ0n) is 12.0. The number of carboxylic acids is 1. The molecule has 0 saturated carbocycles. The molecule has 2 atom stereocenters. The number of nitrogens with zero attached hydrogens (tertiary/aromatic N) is 1. The van der Waals surface area contributed by atoms with Crippen LogP contribution in [0.1, 0.15) is 18.0 Å². The van der Waals surface area contributed by atoms with Gasteiger partial charge in [-0.15, -0.1) is 0 Å².